The molecule has 1 fully saturated rings. The monoisotopic (exact) mass is 358 g/mol. The van der Waals surface area contributed by atoms with Crippen LogP contribution in [0.2, 0.25) is 0 Å². The number of amides is 1. The Kier molecular flexibility index (Phi) is 4.10. The number of rotatable bonds is 2. The zero-order valence-electron chi connectivity index (χ0n) is 13.6. The van der Waals surface area contributed by atoms with Crippen LogP contribution in [0.3, 0.4) is 0 Å². The van der Waals surface area contributed by atoms with Crippen molar-refractivity contribution in [1.29, 1.82) is 0 Å². The van der Waals surface area contributed by atoms with Crippen molar-refractivity contribution < 1.29 is 27.8 Å². The summed E-state index contributed by atoms with van der Waals surface area (Å²) in [6.07, 6.45) is -4.58. The predicted octanol–water partition coefficient (Wildman–Crippen LogP) is 1.89. The SMILES string of the molecule is CC1OC(=O)NN=C1c1cnc(N2CCC(C)(O)C2)c(C(F)(F)F)c1. The smallest absolute Gasteiger partial charge is 0.428 e. The molecule has 0 saturated carbocycles. The van der Waals surface area contributed by atoms with E-state index in [2.05, 4.69) is 15.5 Å². The lowest BCUT2D eigenvalue weighted by Gasteiger charge is -2.25. The number of nitrogens with one attached hydrogen (secondary N) is 1. The molecular weight excluding hydrogens is 341 g/mol. The number of pyridine rings is 1. The molecule has 1 aromatic heterocycles. The van der Waals surface area contributed by atoms with Crippen molar-refractivity contribution in [2.45, 2.75) is 38.1 Å². The van der Waals surface area contributed by atoms with Gasteiger partial charge in [0.15, 0.2) is 0 Å². The van der Waals surface area contributed by atoms with Crippen molar-refractivity contribution in [1.82, 2.24) is 10.4 Å². The molecule has 2 N–H and O–H groups in total. The van der Waals surface area contributed by atoms with Gasteiger partial charge in [-0.15, -0.1) is 0 Å². The summed E-state index contributed by atoms with van der Waals surface area (Å²) in [5.41, 5.74) is 0.357. The molecular formula is C15H17F3N4O3. The van der Waals surface area contributed by atoms with Crippen LogP contribution in [0, 0.1) is 0 Å². The van der Waals surface area contributed by atoms with Gasteiger partial charge in [-0.3, -0.25) is 0 Å². The van der Waals surface area contributed by atoms with Gasteiger partial charge in [0.2, 0.25) is 0 Å². The predicted molar refractivity (Wildman–Crippen MR) is 82.3 cm³/mol. The molecule has 136 valence electrons. The lowest BCUT2D eigenvalue weighted by Crippen LogP contribution is -2.37. The highest BCUT2D eigenvalue weighted by Crippen LogP contribution is 2.38. The molecule has 0 bridgehead atoms. The van der Waals surface area contributed by atoms with Crippen LogP contribution in [0.4, 0.5) is 23.8 Å². The molecule has 2 aliphatic heterocycles. The highest BCUT2D eigenvalue weighted by Gasteiger charge is 2.40. The molecule has 1 saturated heterocycles. The van der Waals surface area contributed by atoms with Crippen LogP contribution in [0.25, 0.3) is 0 Å². The Morgan fingerprint density at radius 2 is 2.20 bits per heavy atom. The second kappa shape index (κ2) is 5.87. The van der Waals surface area contributed by atoms with Gasteiger partial charge in [-0.25, -0.2) is 15.2 Å². The Morgan fingerprint density at radius 1 is 1.48 bits per heavy atom. The second-order valence-corrected chi connectivity index (χ2v) is 6.42. The van der Waals surface area contributed by atoms with Crippen LogP contribution in [-0.4, -0.2) is 46.7 Å². The third kappa shape index (κ3) is 3.53. The first kappa shape index (κ1) is 17.5. The van der Waals surface area contributed by atoms with Crippen molar-refractivity contribution in [3.63, 3.8) is 0 Å². The maximum Gasteiger partial charge on any atom is 0.428 e. The first-order valence-electron chi connectivity index (χ1n) is 7.66. The Hall–Kier alpha value is -2.36. The second-order valence-electron chi connectivity index (χ2n) is 6.42. The molecule has 0 spiro atoms. The van der Waals surface area contributed by atoms with Crippen LogP contribution >= 0.6 is 0 Å². The van der Waals surface area contributed by atoms with E-state index in [-0.39, 0.29) is 30.2 Å². The molecule has 2 atom stereocenters. The summed E-state index contributed by atoms with van der Waals surface area (Å²) in [6.45, 7) is 3.43. The number of aromatic nitrogens is 1. The van der Waals surface area contributed by atoms with E-state index in [9.17, 15) is 23.1 Å². The molecule has 2 unspecified atom stereocenters. The summed E-state index contributed by atoms with van der Waals surface area (Å²) in [7, 11) is 0. The fraction of sp³-hybridized carbons (Fsp3) is 0.533. The number of nitrogens with zero attached hydrogens (tertiary/aromatic N) is 3. The summed E-state index contributed by atoms with van der Waals surface area (Å²) >= 11 is 0. The Bertz CT molecular complexity index is 733. The van der Waals surface area contributed by atoms with E-state index in [4.69, 9.17) is 4.74 Å². The van der Waals surface area contributed by atoms with Crippen LogP contribution < -0.4 is 10.3 Å². The summed E-state index contributed by atoms with van der Waals surface area (Å²) < 4.78 is 45.5. The highest BCUT2D eigenvalue weighted by atomic mass is 19.4. The zero-order valence-corrected chi connectivity index (χ0v) is 13.6. The molecule has 3 heterocycles. The van der Waals surface area contributed by atoms with Crippen molar-refractivity contribution in [2.24, 2.45) is 5.10 Å². The average molecular weight is 358 g/mol. The first-order chi connectivity index (χ1) is 11.6. The third-order valence-electron chi connectivity index (χ3n) is 4.16. The first-order valence-corrected chi connectivity index (χ1v) is 7.66. The number of alkyl halides is 3. The summed E-state index contributed by atoms with van der Waals surface area (Å²) in [5.74, 6) is -0.233. The largest absolute Gasteiger partial charge is 0.439 e. The van der Waals surface area contributed by atoms with E-state index >= 15 is 0 Å². The fourth-order valence-electron chi connectivity index (χ4n) is 2.92. The van der Waals surface area contributed by atoms with E-state index in [1.807, 2.05) is 0 Å². The molecule has 1 aromatic rings. The number of halogens is 3. The van der Waals surface area contributed by atoms with Crippen molar-refractivity contribution in [3.05, 3.63) is 23.4 Å². The van der Waals surface area contributed by atoms with Crippen molar-refractivity contribution in [2.75, 3.05) is 18.0 Å². The Labute approximate surface area is 141 Å². The highest BCUT2D eigenvalue weighted by molar-refractivity contribution is 6.05. The summed E-state index contributed by atoms with van der Waals surface area (Å²) in [6, 6.07) is 0.936. The van der Waals surface area contributed by atoms with E-state index in [1.54, 1.807) is 6.92 Å². The quantitative estimate of drug-likeness (QED) is 0.843. The number of carbonyl (C=O) groups is 1. The molecule has 0 aliphatic carbocycles. The number of hydrogen-bond donors (Lipinski definition) is 2. The van der Waals surface area contributed by atoms with Gasteiger partial charge in [0, 0.05) is 24.8 Å². The van der Waals surface area contributed by atoms with E-state index in [1.165, 1.54) is 18.0 Å². The van der Waals surface area contributed by atoms with E-state index in [0.29, 0.717) is 6.42 Å². The van der Waals surface area contributed by atoms with E-state index in [0.717, 1.165) is 6.07 Å². The number of ether oxygens (including phenoxy) is 1. The average Bonchev–Trinajstić information content (AvgIpc) is 2.86. The minimum atomic E-state index is -4.63. The fourth-order valence-corrected chi connectivity index (χ4v) is 2.92. The van der Waals surface area contributed by atoms with Gasteiger partial charge in [0.1, 0.15) is 17.6 Å². The van der Waals surface area contributed by atoms with Gasteiger partial charge in [0.05, 0.1) is 11.2 Å². The number of cyclic esters (lactones) is 1. The number of hydrazone groups is 1. The van der Waals surface area contributed by atoms with Crippen molar-refractivity contribution >= 4 is 17.6 Å². The van der Waals surface area contributed by atoms with Crippen LogP contribution in [-0.2, 0) is 10.9 Å². The van der Waals surface area contributed by atoms with E-state index < -0.39 is 29.5 Å². The van der Waals surface area contributed by atoms with Gasteiger partial charge in [-0.05, 0) is 26.3 Å². The molecule has 0 aromatic carbocycles. The lowest BCUT2D eigenvalue weighted by atomic mass is 10.0. The van der Waals surface area contributed by atoms with Gasteiger partial charge in [0.25, 0.3) is 0 Å². The molecule has 3 rings (SSSR count). The minimum absolute atomic E-state index is 0.0684. The van der Waals surface area contributed by atoms with Gasteiger partial charge >= 0.3 is 12.3 Å². The van der Waals surface area contributed by atoms with Crippen LogP contribution in [0.1, 0.15) is 31.4 Å². The van der Waals surface area contributed by atoms with Crippen molar-refractivity contribution in [3.8, 4) is 0 Å². The topological polar surface area (TPSA) is 87.0 Å². The number of carbonyl (C=O) groups excluding carboxylic acids is 1. The maximum atomic E-state index is 13.5. The molecule has 25 heavy (non-hydrogen) atoms. The number of hydrogen-bond acceptors (Lipinski definition) is 6. The Morgan fingerprint density at radius 3 is 2.76 bits per heavy atom. The normalized spacial score (nSPS) is 27.0. The van der Waals surface area contributed by atoms with Crippen LogP contribution in [0.5, 0.6) is 0 Å². The number of β-amino-alcohol motifs (C(OH)–C–C–N with tert-alkyl or cyclic N) is 1. The molecule has 0 radical (unpaired) electrons. The standard InChI is InChI=1S/C15H17F3N4O3/c1-8-11(20-21-13(23)25-8)9-5-10(15(16,17)18)12(19-6-9)22-4-3-14(2,24)7-22/h5-6,8,24H,3-4,7H2,1-2H3,(H,21,23). The van der Waals surface area contributed by atoms with Gasteiger partial charge < -0.3 is 14.7 Å². The van der Waals surface area contributed by atoms with Gasteiger partial charge in [-0.2, -0.15) is 18.3 Å². The Balaban J connectivity index is 2.01. The van der Waals surface area contributed by atoms with Gasteiger partial charge in [-0.1, -0.05) is 0 Å². The summed E-state index contributed by atoms with van der Waals surface area (Å²) in [5, 5.41) is 13.8. The molecule has 1 amide bonds. The molecule has 10 heteroatoms. The zero-order chi connectivity index (χ0) is 18.4. The van der Waals surface area contributed by atoms with Crippen LogP contribution in [0.15, 0.2) is 17.4 Å². The number of anilines is 1. The lowest BCUT2D eigenvalue weighted by molar-refractivity contribution is -0.137. The summed E-state index contributed by atoms with van der Waals surface area (Å²) in [4.78, 5) is 16.5. The third-order valence-corrected chi connectivity index (χ3v) is 4.16. The number of aliphatic hydroxyl groups is 1. The minimum Gasteiger partial charge on any atom is -0.439 e. The molecule has 2 aliphatic rings. The molecule has 7 nitrogen and oxygen atoms in total. The maximum absolute atomic E-state index is 13.5.